The quantitative estimate of drug-likeness (QED) is 0.463. The minimum absolute atomic E-state index is 0. The molecule has 1 radical (unpaired) electrons. The molecule has 1 rings (SSSR count). The van der Waals surface area contributed by atoms with Gasteiger partial charge in [-0.05, 0) is 19.9 Å². The number of aliphatic carboxylic acids is 2. The van der Waals surface area contributed by atoms with E-state index in [0.29, 0.717) is 0 Å². The van der Waals surface area contributed by atoms with Crippen molar-refractivity contribution in [2.75, 3.05) is 0 Å². The molecule has 10 heteroatoms. The van der Waals surface area contributed by atoms with Gasteiger partial charge in [0, 0.05) is 0 Å². The summed E-state index contributed by atoms with van der Waals surface area (Å²) in [5, 5.41) is 53.7. The molecule has 0 aliphatic rings. The number of rotatable bonds is 3. The molecule has 0 saturated carbocycles. The van der Waals surface area contributed by atoms with Crippen molar-refractivity contribution in [3.8, 4) is 5.75 Å². The van der Waals surface area contributed by atoms with Gasteiger partial charge in [0.25, 0.3) is 0 Å². The van der Waals surface area contributed by atoms with Gasteiger partial charge in [0.1, 0.15) is 0 Å². The monoisotopic (exact) mass is 363 g/mol. The van der Waals surface area contributed by atoms with Gasteiger partial charge >= 0.3 is 27.7 Å². The Bertz CT molecular complexity index is 482. The van der Waals surface area contributed by atoms with Crippen molar-refractivity contribution >= 4 is 17.9 Å². The number of carbonyl (C=O) groups is 3. The maximum atomic E-state index is 10.7. The number of carboxylic acids is 3. The van der Waals surface area contributed by atoms with Crippen LogP contribution in [-0.2, 0) is 31.3 Å². The summed E-state index contributed by atoms with van der Waals surface area (Å²) in [6.07, 6.45) is -2.69. The Morgan fingerprint density at radius 1 is 0.957 bits per heavy atom. The van der Waals surface area contributed by atoms with E-state index in [1.165, 1.54) is 24.3 Å². The fraction of sp³-hybridized carbons (Fsp3) is 0.308. The van der Waals surface area contributed by atoms with Crippen LogP contribution in [0.2, 0.25) is 0 Å². The molecule has 23 heavy (non-hydrogen) atoms. The van der Waals surface area contributed by atoms with E-state index in [1.807, 2.05) is 0 Å². The number of aromatic carboxylic acids is 1. The summed E-state index contributed by atoms with van der Waals surface area (Å²) < 4.78 is 0. The molecule has 0 aromatic heterocycles. The van der Waals surface area contributed by atoms with Crippen LogP contribution < -0.4 is 15.3 Å². The summed E-state index contributed by atoms with van der Waals surface area (Å²) in [5.41, 5.74) is -0.178. The second kappa shape index (κ2) is 13.7. The first-order valence-electron chi connectivity index (χ1n) is 5.77. The Kier molecular flexibility index (Phi) is 15.5. The van der Waals surface area contributed by atoms with Crippen LogP contribution in [0.1, 0.15) is 24.2 Å². The largest absolute Gasteiger partial charge is 3.00 e. The first-order chi connectivity index (χ1) is 10.0. The van der Waals surface area contributed by atoms with Crippen molar-refractivity contribution in [1.29, 1.82) is 0 Å². The van der Waals surface area contributed by atoms with Gasteiger partial charge in [0.2, 0.25) is 0 Å². The van der Waals surface area contributed by atoms with Crippen molar-refractivity contribution in [1.82, 2.24) is 0 Å². The molecule has 0 spiro atoms. The van der Waals surface area contributed by atoms with Gasteiger partial charge in [-0.3, -0.25) is 0 Å². The maximum Gasteiger partial charge on any atom is 3.00 e. The zero-order valence-corrected chi connectivity index (χ0v) is 13.8. The van der Waals surface area contributed by atoms with Crippen molar-refractivity contribution in [3.05, 3.63) is 29.8 Å². The Balaban J connectivity index is -0.000000271. The van der Waals surface area contributed by atoms with Crippen LogP contribution in [0.25, 0.3) is 0 Å². The number of para-hydroxylation sites is 1. The molecule has 1 aromatic carbocycles. The molecule has 1 aromatic rings. The summed E-state index contributed by atoms with van der Waals surface area (Å²) in [5.74, 6) is -4.49. The van der Waals surface area contributed by atoms with E-state index in [-0.39, 0.29) is 27.3 Å². The third-order valence-electron chi connectivity index (χ3n) is 1.80. The standard InChI is InChI=1S/C7H6O3.2C3H6O3.Ti/c8-6-4-2-1-3-5(6)7(9)10;2*1-2(4)3(5)6;/h1-4,8H,(H,9,10);2*2,4H,1H3,(H,5,6);/q;;;+3/p-3. The number of carboxylic acid groups (broad SMARTS) is 3. The van der Waals surface area contributed by atoms with Crippen LogP contribution in [0.3, 0.4) is 0 Å². The van der Waals surface area contributed by atoms with E-state index < -0.39 is 35.9 Å². The van der Waals surface area contributed by atoms with Crippen molar-refractivity contribution < 1.29 is 66.7 Å². The summed E-state index contributed by atoms with van der Waals surface area (Å²) in [7, 11) is 0. The number of hydrogen-bond donors (Lipinski definition) is 3. The Hall–Kier alpha value is -1.94. The fourth-order valence-corrected chi connectivity index (χ4v) is 0.643. The molecule has 2 unspecified atom stereocenters. The predicted molar refractivity (Wildman–Crippen MR) is 66.2 cm³/mol. The predicted octanol–water partition coefficient (Wildman–Crippen LogP) is -3.31. The second-order valence-electron chi connectivity index (χ2n) is 3.79. The summed E-state index contributed by atoms with van der Waals surface area (Å²) in [6, 6.07) is 5.54. The summed E-state index contributed by atoms with van der Waals surface area (Å²) in [6.45, 7) is 2.27. The van der Waals surface area contributed by atoms with E-state index in [1.54, 1.807) is 0 Å². The first kappa shape index (κ1) is 26.0. The average Bonchev–Trinajstić information content (AvgIpc) is 2.40. The zero-order chi connectivity index (χ0) is 17.9. The number of benzene rings is 1. The Morgan fingerprint density at radius 3 is 1.43 bits per heavy atom. The summed E-state index contributed by atoms with van der Waals surface area (Å²) in [4.78, 5) is 28.9. The molecule has 0 heterocycles. The molecular weight excluding hydrogens is 348 g/mol. The average molecular weight is 363 g/mol. The molecule has 0 amide bonds. The van der Waals surface area contributed by atoms with Gasteiger partial charge in [-0.1, -0.05) is 23.9 Å². The van der Waals surface area contributed by atoms with Crippen molar-refractivity contribution in [2.24, 2.45) is 0 Å². The second-order valence-corrected chi connectivity index (χ2v) is 3.79. The van der Waals surface area contributed by atoms with Gasteiger partial charge in [0.15, 0.2) is 0 Å². The minimum atomic E-state index is -1.44. The van der Waals surface area contributed by atoms with Gasteiger partial charge in [-0.2, -0.15) is 0 Å². The van der Waals surface area contributed by atoms with Gasteiger partial charge in [-0.15, -0.1) is 0 Å². The normalized spacial score (nSPS) is 11.1. The molecule has 0 bridgehead atoms. The third-order valence-corrected chi connectivity index (χ3v) is 1.80. The van der Waals surface area contributed by atoms with E-state index in [2.05, 4.69) is 0 Å². The Morgan fingerprint density at radius 2 is 1.26 bits per heavy atom. The van der Waals surface area contributed by atoms with E-state index >= 15 is 0 Å². The molecule has 2 atom stereocenters. The van der Waals surface area contributed by atoms with Crippen LogP contribution in [0.4, 0.5) is 0 Å². The van der Waals surface area contributed by atoms with Gasteiger partial charge in [0.05, 0.1) is 29.7 Å². The molecular formula is C13H15O9Ti. The van der Waals surface area contributed by atoms with Gasteiger partial charge in [-0.25, -0.2) is 4.79 Å². The Labute approximate surface area is 146 Å². The van der Waals surface area contributed by atoms with Crippen molar-refractivity contribution in [2.45, 2.75) is 26.1 Å². The number of aliphatic hydroxyl groups is 2. The van der Waals surface area contributed by atoms with E-state index in [0.717, 1.165) is 13.8 Å². The fourth-order valence-electron chi connectivity index (χ4n) is 0.643. The number of hydrogen-bond acceptors (Lipinski definition) is 8. The van der Waals surface area contributed by atoms with Crippen LogP contribution in [0.15, 0.2) is 24.3 Å². The van der Waals surface area contributed by atoms with E-state index in [9.17, 15) is 29.7 Å². The summed E-state index contributed by atoms with van der Waals surface area (Å²) >= 11 is 0. The van der Waals surface area contributed by atoms with Gasteiger partial charge < -0.3 is 40.2 Å². The first-order valence-corrected chi connectivity index (χ1v) is 5.77. The van der Waals surface area contributed by atoms with Crippen LogP contribution in [-0.4, -0.2) is 45.4 Å². The van der Waals surface area contributed by atoms with Crippen molar-refractivity contribution in [3.63, 3.8) is 0 Å². The maximum absolute atomic E-state index is 10.7. The van der Waals surface area contributed by atoms with Crippen LogP contribution in [0, 0.1) is 0 Å². The minimum Gasteiger partial charge on any atom is -0.872 e. The molecule has 0 fully saturated rings. The zero-order valence-electron chi connectivity index (χ0n) is 12.3. The topological polar surface area (TPSA) is 181 Å². The molecule has 0 aliphatic heterocycles. The SMILES string of the molecule is CC(O)C(=O)[O-].CC(O)C(=O)[O-].O=C(O)c1ccccc1[O-].[Ti+3]. The van der Waals surface area contributed by atoms with E-state index in [4.69, 9.17) is 15.3 Å². The smallest absolute Gasteiger partial charge is 0.872 e. The molecule has 125 valence electrons. The molecule has 0 saturated heterocycles. The number of carbonyl (C=O) groups excluding carboxylic acids is 2. The number of aliphatic hydroxyl groups excluding tert-OH is 2. The van der Waals surface area contributed by atoms with Crippen LogP contribution in [0.5, 0.6) is 5.75 Å². The molecule has 3 N–H and O–H groups in total. The molecule has 9 nitrogen and oxygen atoms in total. The third kappa shape index (κ3) is 14.8. The van der Waals surface area contributed by atoms with Crippen LogP contribution >= 0.6 is 0 Å². The molecule has 0 aliphatic carbocycles.